The van der Waals surface area contributed by atoms with E-state index in [0.717, 1.165) is 0 Å². The van der Waals surface area contributed by atoms with Crippen molar-refractivity contribution in [3.8, 4) is 0 Å². The van der Waals surface area contributed by atoms with E-state index in [2.05, 4.69) is 15.0 Å². The Balaban J connectivity index is 1.78. The van der Waals surface area contributed by atoms with Crippen molar-refractivity contribution in [1.82, 2.24) is 19.5 Å². The molecule has 2 aromatic rings. The predicted octanol–water partition coefficient (Wildman–Crippen LogP) is -0.0894. The maximum absolute atomic E-state index is 11.5. The number of fused-ring (bicyclic) bond motifs is 2. The van der Waals surface area contributed by atoms with Crippen molar-refractivity contribution in [3.05, 3.63) is 12.7 Å². The summed E-state index contributed by atoms with van der Waals surface area (Å²) in [5.74, 6) is -1.76. The lowest BCUT2D eigenvalue weighted by Crippen LogP contribution is -2.35. The van der Waals surface area contributed by atoms with Crippen LogP contribution in [0, 0.1) is 0 Å². The molecule has 2 unspecified atom stereocenters. The summed E-state index contributed by atoms with van der Waals surface area (Å²) >= 11 is 0. The molecule has 3 N–H and O–H groups in total. The number of carboxylic acids is 1. The van der Waals surface area contributed by atoms with E-state index in [1.165, 1.54) is 12.7 Å². The van der Waals surface area contributed by atoms with Gasteiger partial charge in [0, 0.05) is 0 Å². The van der Waals surface area contributed by atoms with E-state index >= 15 is 0 Å². The summed E-state index contributed by atoms with van der Waals surface area (Å²) in [6.45, 7) is 3.46. The van der Waals surface area contributed by atoms with Gasteiger partial charge in [-0.3, -0.25) is 4.57 Å². The fourth-order valence-corrected chi connectivity index (χ4v) is 3.06. The molecule has 122 valence electrons. The molecule has 2 aliphatic heterocycles. The lowest BCUT2D eigenvalue weighted by molar-refractivity contribution is -0.202. The van der Waals surface area contributed by atoms with Crippen LogP contribution >= 0.6 is 0 Å². The van der Waals surface area contributed by atoms with Crippen molar-refractivity contribution in [1.29, 1.82) is 0 Å². The van der Waals surface area contributed by atoms with Gasteiger partial charge in [-0.05, 0) is 13.8 Å². The van der Waals surface area contributed by atoms with E-state index in [4.69, 9.17) is 19.9 Å². The molecule has 4 rings (SSSR count). The highest BCUT2D eigenvalue weighted by molar-refractivity contribution is 5.81. The molecule has 2 aromatic heterocycles. The second-order valence-corrected chi connectivity index (χ2v) is 5.93. The number of aliphatic carboxylic acids is 1. The third kappa shape index (κ3) is 2.06. The predicted molar refractivity (Wildman–Crippen MR) is 75.1 cm³/mol. The van der Waals surface area contributed by atoms with Crippen LogP contribution in [0.5, 0.6) is 0 Å². The summed E-state index contributed by atoms with van der Waals surface area (Å²) in [6.07, 6.45) is -0.391. The summed E-state index contributed by atoms with van der Waals surface area (Å²) in [5.41, 5.74) is 6.64. The maximum atomic E-state index is 11.5. The largest absolute Gasteiger partial charge is 0.479 e. The Bertz CT molecular complexity index is 790. The van der Waals surface area contributed by atoms with E-state index in [1.54, 1.807) is 18.4 Å². The van der Waals surface area contributed by atoms with Crippen LogP contribution in [-0.4, -0.2) is 54.7 Å². The number of anilines is 1. The van der Waals surface area contributed by atoms with Crippen LogP contribution in [0.3, 0.4) is 0 Å². The van der Waals surface area contributed by atoms with E-state index in [1.807, 2.05) is 0 Å². The SMILES string of the molecule is CC1(C)OC2C(O1)[C@H](n1cnc3c(N)ncnc31)O[C@@H]2C(=O)O. The van der Waals surface area contributed by atoms with Gasteiger partial charge in [-0.2, -0.15) is 0 Å². The van der Waals surface area contributed by atoms with Crippen molar-refractivity contribution in [2.75, 3.05) is 5.73 Å². The molecule has 2 fully saturated rings. The van der Waals surface area contributed by atoms with Gasteiger partial charge in [0.05, 0.1) is 6.33 Å². The zero-order chi connectivity index (χ0) is 16.4. The van der Waals surface area contributed by atoms with Crippen LogP contribution in [0.15, 0.2) is 12.7 Å². The lowest BCUT2D eigenvalue weighted by Gasteiger charge is -2.23. The Morgan fingerprint density at radius 1 is 1.30 bits per heavy atom. The number of hydrogen-bond donors (Lipinski definition) is 2. The number of nitrogens with zero attached hydrogens (tertiary/aromatic N) is 4. The Hall–Kier alpha value is -2.30. The first kappa shape index (κ1) is 14.3. The second-order valence-electron chi connectivity index (χ2n) is 5.93. The first-order valence-corrected chi connectivity index (χ1v) is 7.04. The fourth-order valence-electron chi connectivity index (χ4n) is 3.06. The second kappa shape index (κ2) is 4.60. The smallest absolute Gasteiger partial charge is 0.335 e. The molecule has 0 spiro atoms. The number of carbonyl (C=O) groups is 1. The third-order valence-corrected chi connectivity index (χ3v) is 3.93. The standard InChI is InChI=1S/C13H15N5O5/c1-13(2)22-6-7(23-13)11(21-8(6)12(19)20)18-4-17-5-9(14)15-3-16-10(5)18/h3-4,6-8,11H,1-2H3,(H,19,20)(H2,14,15,16)/t6?,7?,8-,11+/m0/s1. The molecule has 23 heavy (non-hydrogen) atoms. The average molecular weight is 321 g/mol. The molecule has 0 aromatic carbocycles. The quantitative estimate of drug-likeness (QED) is 0.777. The molecule has 2 aliphatic rings. The zero-order valence-electron chi connectivity index (χ0n) is 12.4. The summed E-state index contributed by atoms with van der Waals surface area (Å²) < 4.78 is 18.8. The molecule has 10 nitrogen and oxygen atoms in total. The normalized spacial score (nSPS) is 32.3. The molecule has 0 radical (unpaired) electrons. The number of rotatable bonds is 2. The van der Waals surface area contributed by atoms with Gasteiger partial charge in [0.15, 0.2) is 29.6 Å². The minimum atomic E-state index is -1.14. The average Bonchev–Trinajstić information content (AvgIpc) is 3.09. The molecule has 4 heterocycles. The van der Waals surface area contributed by atoms with Crippen molar-refractivity contribution in [2.45, 2.75) is 44.2 Å². The summed E-state index contributed by atoms with van der Waals surface area (Å²) in [6, 6.07) is 0. The molecule has 0 bridgehead atoms. The van der Waals surface area contributed by atoms with Crippen molar-refractivity contribution >= 4 is 23.0 Å². The Morgan fingerprint density at radius 2 is 2.04 bits per heavy atom. The first-order valence-electron chi connectivity index (χ1n) is 7.04. The maximum Gasteiger partial charge on any atom is 0.335 e. The highest BCUT2D eigenvalue weighted by Crippen LogP contribution is 2.43. The summed E-state index contributed by atoms with van der Waals surface area (Å²) in [4.78, 5) is 23.7. The van der Waals surface area contributed by atoms with Crippen molar-refractivity contribution in [3.63, 3.8) is 0 Å². The lowest BCUT2D eigenvalue weighted by atomic mass is 10.1. The Morgan fingerprint density at radius 3 is 2.78 bits per heavy atom. The first-order chi connectivity index (χ1) is 10.9. The molecular weight excluding hydrogens is 306 g/mol. The minimum absolute atomic E-state index is 0.238. The van der Waals surface area contributed by atoms with Gasteiger partial charge >= 0.3 is 5.97 Å². The number of hydrogen-bond acceptors (Lipinski definition) is 8. The number of nitrogens with two attached hydrogens (primary N) is 1. The van der Waals surface area contributed by atoms with Crippen LogP contribution in [0.1, 0.15) is 20.1 Å². The monoisotopic (exact) mass is 321 g/mol. The van der Waals surface area contributed by atoms with Crippen molar-refractivity contribution in [2.24, 2.45) is 0 Å². The summed E-state index contributed by atoms with van der Waals surface area (Å²) in [5, 5.41) is 9.37. The Kier molecular flexibility index (Phi) is 2.86. The topological polar surface area (TPSA) is 135 Å². The third-order valence-electron chi connectivity index (χ3n) is 3.93. The van der Waals surface area contributed by atoms with Crippen LogP contribution in [0.4, 0.5) is 5.82 Å². The minimum Gasteiger partial charge on any atom is -0.479 e. The van der Waals surface area contributed by atoms with E-state index < -0.39 is 36.3 Å². The fraction of sp³-hybridized carbons (Fsp3) is 0.538. The number of aromatic nitrogens is 4. The number of imidazole rings is 1. The van der Waals surface area contributed by atoms with Crippen LogP contribution in [-0.2, 0) is 19.0 Å². The van der Waals surface area contributed by atoms with E-state index in [0.29, 0.717) is 11.2 Å². The number of ether oxygens (including phenoxy) is 3. The van der Waals surface area contributed by atoms with E-state index in [-0.39, 0.29) is 5.82 Å². The highest BCUT2D eigenvalue weighted by atomic mass is 16.8. The van der Waals surface area contributed by atoms with Crippen LogP contribution < -0.4 is 5.73 Å². The molecule has 10 heteroatoms. The molecule has 0 amide bonds. The summed E-state index contributed by atoms with van der Waals surface area (Å²) in [7, 11) is 0. The van der Waals surface area contributed by atoms with Gasteiger partial charge < -0.3 is 25.1 Å². The molecule has 2 saturated heterocycles. The Labute approximate surface area is 130 Å². The van der Waals surface area contributed by atoms with Gasteiger partial charge in [-0.25, -0.2) is 19.7 Å². The van der Waals surface area contributed by atoms with Gasteiger partial charge in [0.2, 0.25) is 0 Å². The number of carboxylic acid groups (broad SMARTS) is 1. The zero-order valence-corrected chi connectivity index (χ0v) is 12.4. The highest BCUT2D eigenvalue weighted by Gasteiger charge is 2.58. The van der Waals surface area contributed by atoms with Crippen LogP contribution in [0.2, 0.25) is 0 Å². The molecule has 0 aliphatic carbocycles. The molecule has 0 saturated carbocycles. The van der Waals surface area contributed by atoms with Gasteiger partial charge in [-0.1, -0.05) is 0 Å². The van der Waals surface area contributed by atoms with E-state index in [9.17, 15) is 9.90 Å². The van der Waals surface area contributed by atoms with Gasteiger partial charge in [0.1, 0.15) is 24.1 Å². The van der Waals surface area contributed by atoms with Crippen molar-refractivity contribution < 1.29 is 24.1 Å². The van der Waals surface area contributed by atoms with Gasteiger partial charge in [0.25, 0.3) is 0 Å². The van der Waals surface area contributed by atoms with Gasteiger partial charge in [-0.15, -0.1) is 0 Å². The van der Waals surface area contributed by atoms with Crippen LogP contribution in [0.25, 0.3) is 11.2 Å². The molecular formula is C13H15N5O5. The number of nitrogen functional groups attached to an aromatic ring is 1. The molecule has 4 atom stereocenters.